The van der Waals surface area contributed by atoms with E-state index in [0.717, 1.165) is 28.7 Å². The summed E-state index contributed by atoms with van der Waals surface area (Å²) in [7, 11) is 0. The first-order valence-electron chi connectivity index (χ1n) is 6.05. The number of halogens is 1. The lowest BCUT2D eigenvalue weighted by Gasteiger charge is -2.06. The zero-order chi connectivity index (χ0) is 13.2. The van der Waals surface area contributed by atoms with E-state index in [2.05, 4.69) is 21.0 Å². The van der Waals surface area contributed by atoms with E-state index in [1.807, 2.05) is 43.5 Å². The topological polar surface area (TPSA) is 38.7 Å². The molecule has 3 nitrogen and oxygen atoms in total. The van der Waals surface area contributed by atoms with Crippen LogP contribution < -0.4 is 0 Å². The van der Waals surface area contributed by atoms with Gasteiger partial charge in [0.2, 0.25) is 5.28 Å². The minimum atomic E-state index is 0.299. The Kier molecular flexibility index (Phi) is 3.13. The molecule has 0 spiro atoms. The fraction of sp³-hybridized carbons (Fsp3) is 0.133. The standard InChI is InChI=1S/C15H12ClN3/c1-10-8-12(19-15(16)18-10)9-11-6-7-17-14-5-3-2-4-13(11)14/h2-8H,9H2,1H3. The lowest BCUT2D eigenvalue weighted by atomic mass is 10.0. The maximum Gasteiger partial charge on any atom is 0.222 e. The molecule has 0 bridgehead atoms. The van der Waals surface area contributed by atoms with Crippen LogP contribution in [-0.4, -0.2) is 15.0 Å². The summed E-state index contributed by atoms with van der Waals surface area (Å²) in [5, 5.41) is 1.45. The molecule has 0 aliphatic heterocycles. The second-order valence-electron chi connectivity index (χ2n) is 4.43. The van der Waals surface area contributed by atoms with Gasteiger partial charge in [0.05, 0.1) is 5.52 Å². The second kappa shape index (κ2) is 4.94. The quantitative estimate of drug-likeness (QED) is 0.668. The third-order valence-electron chi connectivity index (χ3n) is 2.99. The number of hydrogen-bond donors (Lipinski definition) is 0. The molecular formula is C15H12ClN3. The van der Waals surface area contributed by atoms with Crippen molar-refractivity contribution >= 4 is 22.5 Å². The summed E-state index contributed by atoms with van der Waals surface area (Å²) in [4.78, 5) is 12.7. The number of rotatable bonds is 2. The van der Waals surface area contributed by atoms with Gasteiger partial charge in [0.15, 0.2) is 0 Å². The lowest BCUT2D eigenvalue weighted by Crippen LogP contribution is -1.97. The van der Waals surface area contributed by atoms with Crippen LogP contribution in [0.1, 0.15) is 17.0 Å². The molecule has 0 aliphatic carbocycles. The van der Waals surface area contributed by atoms with Crippen LogP contribution in [0, 0.1) is 6.92 Å². The molecule has 0 unspecified atom stereocenters. The molecule has 19 heavy (non-hydrogen) atoms. The molecule has 2 aromatic heterocycles. The summed E-state index contributed by atoms with van der Waals surface area (Å²) in [6, 6.07) is 12.1. The number of para-hydroxylation sites is 1. The second-order valence-corrected chi connectivity index (χ2v) is 4.77. The monoisotopic (exact) mass is 269 g/mol. The maximum atomic E-state index is 5.90. The van der Waals surface area contributed by atoms with E-state index < -0.39 is 0 Å². The molecule has 94 valence electrons. The smallest absolute Gasteiger partial charge is 0.222 e. The van der Waals surface area contributed by atoms with Gasteiger partial charge >= 0.3 is 0 Å². The first kappa shape index (κ1) is 12.1. The molecule has 0 amide bonds. The van der Waals surface area contributed by atoms with Crippen molar-refractivity contribution in [2.75, 3.05) is 0 Å². The molecule has 0 atom stereocenters. The Morgan fingerprint density at radius 3 is 2.79 bits per heavy atom. The van der Waals surface area contributed by atoms with Crippen LogP contribution in [0.5, 0.6) is 0 Å². The molecule has 1 aromatic carbocycles. The highest BCUT2D eigenvalue weighted by Crippen LogP contribution is 2.19. The predicted molar refractivity (Wildman–Crippen MR) is 76.3 cm³/mol. The van der Waals surface area contributed by atoms with Crippen LogP contribution in [0.2, 0.25) is 5.28 Å². The first-order valence-corrected chi connectivity index (χ1v) is 6.43. The largest absolute Gasteiger partial charge is 0.256 e. The van der Waals surface area contributed by atoms with Crippen molar-refractivity contribution in [2.24, 2.45) is 0 Å². The Morgan fingerprint density at radius 1 is 1.11 bits per heavy atom. The summed E-state index contributed by atoms with van der Waals surface area (Å²) < 4.78 is 0. The van der Waals surface area contributed by atoms with Crippen LogP contribution in [0.25, 0.3) is 10.9 Å². The van der Waals surface area contributed by atoms with Crippen LogP contribution in [-0.2, 0) is 6.42 Å². The Hall–Kier alpha value is -2.00. The van der Waals surface area contributed by atoms with Crippen LogP contribution in [0.15, 0.2) is 42.6 Å². The normalized spacial score (nSPS) is 10.8. The number of aryl methyl sites for hydroxylation is 1. The molecule has 0 aliphatic rings. The first-order chi connectivity index (χ1) is 9.22. The minimum Gasteiger partial charge on any atom is -0.256 e. The average Bonchev–Trinajstić information content (AvgIpc) is 2.38. The highest BCUT2D eigenvalue weighted by molar-refractivity contribution is 6.28. The molecule has 0 fully saturated rings. The molecular weight excluding hydrogens is 258 g/mol. The molecule has 3 rings (SSSR count). The number of aromatic nitrogens is 3. The molecule has 2 heterocycles. The van der Waals surface area contributed by atoms with Gasteiger partial charge in [-0.25, -0.2) is 9.97 Å². The van der Waals surface area contributed by atoms with Crippen molar-refractivity contribution in [1.29, 1.82) is 0 Å². The SMILES string of the molecule is Cc1cc(Cc2ccnc3ccccc23)nc(Cl)n1. The maximum absolute atomic E-state index is 5.90. The number of hydrogen-bond acceptors (Lipinski definition) is 3. The minimum absolute atomic E-state index is 0.299. The third-order valence-corrected chi connectivity index (χ3v) is 3.16. The van der Waals surface area contributed by atoms with Gasteiger partial charge in [0.25, 0.3) is 0 Å². The van der Waals surface area contributed by atoms with Crippen molar-refractivity contribution in [3.63, 3.8) is 0 Å². The van der Waals surface area contributed by atoms with Gasteiger partial charge in [-0.1, -0.05) is 18.2 Å². The Labute approximate surface area is 116 Å². The molecule has 3 aromatic rings. The summed E-state index contributed by atoms with van der Waals surface area (Å²) in [6.45, 7) is 1.92. The highest BCUT2D eigenvalue weighted by atomic mass is 35.5. The van der Waals surface area contributed by atoms with E-state index in [-0.39, 0.29) is 0 Å². The van der Waals surface area contributed by atoms with E-state index in [1.165, 1.54) is 5.56 Å². The average molecular weight is 270 g/mol. The highest BCUT2D eigenvalue weighted by Gasteiger charge is 2.05. The molecule has 0 saturated heterocycles. The van der Waals surface area contributed by atoms with Crippen LogP contribution >= 0.6 is 11.6 Å². The van der Waals surface area contributed by atoms with E-state index >= 15 is 0 Å². The Bertz CT molecular complexity index is 715. The van der Waals surface area contributed by atoms with Crippen molar-refractivity contribution < 1.29 is 0 Å². The number of fused-ring (bicyclic) bond motifs is 1. The summed E-state index contributed by atoms with van der Waals surface area (Å²) >= 11 is 5.90. The van der Waals surface area contributed by atoms with E-state index in [4.69, 9.17) is 11.6 Å². The van der Waals surface area contributed by atoms with Gasteiger partial charge in [-0.05, 0) is 42.3 Å². The number of benzene rings is 1. The van der Waals surface area contributed by atoms with Crippen molar-refractivity contribution in [3.05, 3.63) is 64.8 Å². The van der Waals surface area contributed by atoms with Gasteiger partial charge in [-0.15, -0.1) is 0 Å². The zero-order valence-electron chi connectivity index (χ0n) is 10.5. The van der Waals surface area contributed by atoms with Crippen molar-refractivity contribution in [3.8, 4) is 0 Å². The lowest BCUT2D eigenvalue weighted by molar-refractivity contribution is 1.00. The van der Waals surface area contributed by atoms with Gasteiger partial charge in [-0.3, -0.25) is 4.98 Å². The van der Waals surface area contributed by atoms with E-state index in [9.17, 15) is 0 Å². The summed E-state index contributed by atoms with van der Waals surface area (Å²) in [5.74, 6) is 0. The van der Waals surface area contributed by atoms with Crippen molar-refractivity contribution in [1.82, 2.24) is 15.0 Å². The third kappa shape index (κ3) is 2.56. The molecule has 0 N–H and O–H groups in total. The molecule has 0 radical (unpaired) electrons. The fourth-order valence-corrected chi connectivity index (χ4v) is 2.43. The van der Waals surface area contributed by atoms with Gasteiger partial charge in [-0.2, -0.15) is 0 Å². The van der Waals surface area contributed by atoms with E-state index in [0.29, 0.717) is 5.28 Å². The Morgan fingerprint density at radius 2 is 1.95 bits per heavy atom. The van der Waals surface area contributed by atoms with Gasteiger partial charge in [0, 0.05) is 29.4 Å². The fourth-order valence-electron chi connectivity index (χ4n) is 2.19. The number of pyridine rings is 1. The summed E-state index contributed by atoms with van der Waals surface area (Å²) in [5.41, 5.74) is 4.00. The Balaban J connectivity index is 2.05. The van der Waals surface area contributed by atoms with Crippen LogP contribution in [0.4, 0.5) is 0 Å². The van der Waals surface area contributed by atoms with Gasteiger partial charge < -0.3 is 0 Å². The number of nitrogens with zero attached hydrogens (tertiary/aromatic N) is 3. The van der Waals surface area contributed by atoms with Crippen molar-refractivity contribution in [2.45, 2.75) is 13.3 Å². The summed E-state index contributed by atoms with van der Waals surface area (Å²) in [6.07, 6.45) is 2.55. The molecule has 4 heteroatoms. The predicted octanol–water partition coefficient (Wildman–Crippen LogP) is 3.58. The molecule has 0 saturated carbocycles. The zero-order valence-corrected chi connectivity index (χ0v) is 11.2. The van der Waals surface area contributed by atoms with E-state index in [1.54, 1.807) is 0 Å². The van der Waals surface area contributed by atoms with Gasteiger partial charge in [0.1, 0.15) is 0 Å². The van der Waals surface area contributed by atoms with Crippen LogP contribution in [0.3, 0.4) is 0 Å².